The Kier molecular flexibility index (Phi) is 5.65. The molecular formula is C16H23Cl2O6-. The molecule has 5 atom stereocenters. The molecule has 24 heavy (non-hydrogen) atoms. The highest BCUT2D eigenvalue weighted by atomic mass is 35.5. The van der Waals surface area contributed by atoms with Crippen LogP contribution in [0.3, 0.4) is 0 Å². The van der Waals surface area contributed by atoms with Gasteiger partial charge in [0.2, 0.25) is 0 Å². The van der Waals surface area contributed by atoms with Crippen LogP contribution in [-0.2, 0) is 18.9 Å². The van der Waals surface area contributed by atoms with Gasteiger partial charge in [0.05, 0.1) is 19.3 Å². The lowest BCUT2D eigenvalue weighted by Gasteiger charge is -2.43. The zero-order valence-electron chi connectivity index (χ0n) is 14.4. The van der Waals surface area contributed by atoms with Gasteiger partial charge in [-0.15, -0.1) is 29.0 Å². The second-order valence-corrected chi connectivity index (χ2v) is 7.98. The molecule has 2 aliphatic rings. The van der Waals surface area contributed by atoms with E-state index >= 15 is 0 Å². The molecule has 0 N–H and O–H groups in total. The minimum absolute atomic E-state index is 0.0458. The summed E-state index contributed by atoms with van der Waals surface area (Å²) in [6.07, 6.45) is 0.262. The van der Waals surface area contributed by atoms with Gasteiger partial charge in [-0.3, -0.25) is 0 Å². The largest absolute Gasteiger partial charge is 0.876 e. The zero-order valence-corrected chi connectivity index (χ0v) is 15.9. The summed E-state index contributed by atoms with van der Waals surface area (Å²) in [7, 11) is 1.20. The van der Waals surface area contributed by atoms with E-state index in [0.29, 0.717) is 0 Å². The Balaban J connectivity index is 2.32. The van der Waals surface area contributed by atoms with Crippen molar-refractivity contribution in [1.29, 1.82) is 0 Å². The van der Waals surface area contributed by atoms with Gasteiger partial charge in [-0.05, 0) is 27.2 Å². The van der Waals surface area contributed by atoms with E-state index < -0.39 is 28.3 Å². The summed E-state index contributed by atoms with van der Waals surface area (Å²) in [4.78, 5) is 10.6. The van der Waals surface area contributed by atoms with Crippen LogP contribution in [0.25, 0.3) is 0 Å². The van der Waals surface area contributed by atoms with Crippen molar-refractivity contribution in [2.75, 3.05) is 7.11 Å². The SMILES string of the molecule is COC(=O)OC(C)(C(Cl)Cl)C(C)C1C=C([O-])CC2OC(C)(C)OC21. The first kappa shape index (κ1) is 19.6. The first-order valence-corrected chi connectivity index (χ1v) is 8.66. The molecule has 0 radical (unpaired) electrons. The van der Waals surface area contributed by atoms with Gasteiger partial charge in [-0.25, -0.2) is 4.79 Å². The fourth-order valence-electron chi connectivity index (χ4n) is 3.29. The number of halogens is 2. The third kappa shape index (κ3) is 3.77. The summed E-state index contributed by atoms with van der Waals surface area (Å²) in [5.41, 5.74) is -1.27. The van der Waals surface area contributed by atoms with Crippen LogP contribution in [0.5, 0.6) is 0 Å². The van der Waals surface area contributed by atoms with Crippen molar-refractivity contribution in [2.24, 2.45) is 11.8 Å². The number of hydrogen-bond donors (Lipinski definition) is 0. The van der Waals surface area contributed by atoms with Gasteiger partial charge in [0.1, 0.15) is 10.4 Å². The fraction of sp³-hybridized carbons (Fsp3) is 0.812. The fourth-order valence-corrected chi connectivity index (χ4v) is 3.78. The Labute approximate surface area is 152 Å². The van der Waals surface area contributed by atoms with Crippen molar-refractivity contribution >= 4 is 29.4 Å². The van der Waals surface area contributed by atoms with E-state index in [1.807, 2.05) is 6.92 Å². The lowest BCUT2D eigenvalue weighted by molar-refractivity contribution is -0.313. The van der Waals surface area contributed by atoms with Crippen molar-refractivity contribution in [3.8, 4) is 0 Å². The molecule has 1 heterocycles. The summed E-state index contributed by atoms with van der Waals surface area (Å²) in [6.45, 7) is 7.02. The standard InChI is InChI=1S/C16H24Cl2O6/c1-8(16(4,13(17)18)24-14(20)21-5)10-6-9(19)7-11-12(10)23-15(2,3)22-11/h6,8,10-13,19H,7H2,1-5H3/p-1. The Morgan fingerprint density at radius 3 is 2.62 bits per heavy atom. The van der Waals surface area contributed by atoms with Crippen molar-refractivity contribution in [2.45, 2.75) is 62.5 Å². The van der Waals surface area contributed by atoms with E-state index in [1.54, 1.807) is 26.8 Å². The topological polar surface area (TPSA) is 77.1 Å². The average Bonchev–Trinajstić information content (AvgIpc) is 2.78. The molecule has 0 bridgehead atoms. The van der Waals surface area contributed by atoms with Crippen LogP contribution < -0.4 is 5.11 Å². The summed E-state index contributed by atoms with van der Waals surface area (Å²) < 4.78 is 21.7. The number of alkyl halides is 2. The minimum Gasteiger partial charge on any atom is -0.876 e. The molecule has 0 amide bonds. The molecule has 1 fully saturated rings. The zero-order chi connectivity index (χ0) is 18.3. The van der Waals surface area contributed by atoms with E-state index in [1.165, 1.54) is 7.11 Å². The number of ether oxygens (including phenoxy) is 4. The van der Waals surface area contributed by atoms with Gasteiger partial charge in [-0.2, -0.15) is 0 Å². The molecule has 5 unspecified atom stereocenters. The molecule has 6 nitrogen and oxygen atoms in total. The molecule has 2 rings (SSSR count). The predicted octanol–water partition coefficient (Wildman–Crippen LogP) is 2.75. The average molecular weight is 382 g/mol. The molecule has 0 aromatic heterocycles. The smallest absolute Gasteiger partial charge is 0.508 e. The van der Waals surface area contributed by atoms with Crippen molar-refractivity contribution in [3.05, 3.63) is 11.8 Å². The minimum atomic E-state index is -1.27. The number of carbonyl (C=O) groups is 1. The van der Waals surface area contributed by atoms with Crippen LogP contribution in [0.15, 0.2) is 11.8 Å². The Morgan fingerprint density at radius 2 is 2.08 bits per heavy atom. The van der Waals surface area contributed by atoms with Crippen LogP contribution in [0, 0.1) is 11.8 Å². The molecule has 1 aliphatic carbocycles. The van der Waals surface area contributed by atoms with Crippen molar-refractivity contribution in [1.82, 2.24) is 0 Å². The van der Waals surface area contributed by atoms with Crippen molar-refractivity contribution < 1.29 is 28.8 Å². The first-order chi connectivity index (χ1) is 11.0. The molecular weight excluding hydrogens is 359 g/mol. The van der Waals surface area contributed by atoms with Crippen LogP contribution in [0.2, 0.25) is 0 Å². The van der Waals surface area contributed by atoms with E-state index in [-0.39, 0.29) is 30.3 Å². The van der Waals surface area contributed by atoms with Gasteiger partial charge in [0.25, 0.3) is 0 Å². The first-order valence-electron chi connectivity index (χ1n) is 7.78. The van der Waals surface area contributed by atoms with E-state index in [4.69, 9.17) is 37.4 Å². The number of rotatable bonds is 4. The third-order valence-electron chi connectivity index (χ3n) is 4.77. The van der Waals surface area contributed by atoms with E-state index in [2.05, 4.69) is 4.74 Å². The number of methoxy groups -OCH3 is 1. The van der Waals surface area contributed by atoms with Crippen molar-refractivity contribution in [3.63, 3.8) is 0 Å². The molecule has 1 saturated heterocycles. The second kappa shape index (κ2) is 6.90. The molecule has 8 heteroatoms. The van der Waals surface area contributed by atoms with Gasteiger partial charge in [-0.1, -0.05) is 13.0 Å². The highest BCUT2D eigenvalue weighted by Crippen LogP contribution is 2.46. The summed E-state index contributed by atoms with van der Waals surface area (Å²) >= 11 is 12.2. The number of hydrogen-bond acceptors (Lipinski definition) is 6. The van der Waals surface area contributed by atoms with Crippen LogP contribution in [0.1, 0.15) is 34.1 Å². The van der Waals surface area contributed by atoms with E-state index in [0.717, 1.165) is 0 Å². The Morgan fingerprint density at radius 1 is 1.46 bits per heavy atom. The van der Waals surface area contributed by atoms with Gasteiger partial charge in [0.15, 0.2) is 5.79 Å². The highest BCUT2D eigenvalue weighted by Gasteiger charge is 2.53. The third-order valence-corrected chi connectivity index (χ3v) is 5.63. The lowest BCUT2D eigenvalue weighted by Crippen LogP contribution is -2.51. The Hall–Kier alpha value is -0.690. The maximum atomic E-state index is 12.1. The quantitative estimate of drug-likeness (QED) is 0.550. The maximum Gasteiger partial charge on any atom is 0.508 e. The van der Waals surface area contributed by atoms with E-state index in [9.17, 15) is 9.90 Å². The van der Waals surface area contributed by atoms with Gasteiger partial charge < -0.3 is 24.1 Å². The molecule has 0 saturated carbocycles. The molecule has 1 aliphatic heterocycles. The molecule has 0 spiro atoms. The second-order valence-electron chi connectivity index (χ2n) is 6.88. The predicted molar refractivity (Wildman–Crippen MR) is 86.6 cm³/mol. The maximum absolute atomic E-state index is 12.1. The summed E-state index contributed by atoms with van der Waals surface area (Å²) in [5.74, 6) is -1.61. The number of fused-ring (bicyclic) bond motifs is 1. The summed E-state index contributed by atoms with van der Waals surface area (Å²) in [5, 5.41) is 12.1. The molecule has 138 valence electrons. The van der Waals surface area contributed by atoms with Gasteiger partial charge >= 0.3 is 6.16 Å². The van der Waals surface area contributed by atoms with Crippen LogP contribution in [0.4, 0.5) is 4.79 Å². The van der Waals surface area contributed by atoms with Crippen LogP contribution in [-0.4, -0.2) is 41.7 Å². The van der Waals surface area contributed by atoms with Crippen LogP contribution >= 0.6 is 23.2 Å². The Bertz CT molecular complexity index is 521. The normalized spacial score (nSPS) is 32.5. The number of carbonyl (C=O) groups excluding carboxylic acids is 1. The monoisotopic (exact) mass is 381 g/mol. The molecule has 0 aromatic rings. The lowest BCUT2D eigenvalue weighted by atomic mass is 9.74. The highest BCUT2D eigenvalue weighted by molar-refractivity contribution is 6.45. The molecule has 0 aromatic carbocycles. The summed E-state index contributed by atoms with van der Waals surface area (Å²) in [6, 6.07) is 0. The van der Waals surface area contributed by atoms with Gasteiger partial charge in [0, 0.05) is 11.8 Å².